The van der Waals surface area contributed by atoms with Gasteiger partial charge < -0.3 is 10.0 Å². The summed E-state index contributed by atoms with van der Waals surface area (Å²) >= 11 is 0. The normalized spacial score (nSPS) is 9.95. The number of aliphatic hydroxyl groups excluding tert-OH is 1. The first-order chi connectivity index (χ1) is 9.10. The van der Waals surface area contributed by atoms with Crippen LogP contribution < -0.4 is 0 Å². The van der Waals surface area contributed by atoms with E-state index in [-0.39, 0.29) is 18.6 Å². The van der Waals surface area contributed by atoms with E-state index < -0.39 is 0 Å². The third-order valence-electron chi connectivity index (χ3n) is 2.68. The summed E-state index contributed by atoms with van der Waals surface area (Å²) in [5, 5.41) is 8.67. The second-order valence-corrected chi connectivity index (χ2v) is 4.42. The Labute approximate surface area is 114 Å². The van der Waals surface area contributed by atoms with Crippen molar-refractivity contribution in [2.24, 2.45) is 0 Å². The molecule has 0 atom stereocenters. The SMILES string of the molecule is CCN(C(=O)c1cncc(C#CCCO)c1)C(C)C. The molecule has 1 heterocycles. The van der Waals surface area contributed by atoms with E-state index in [4.69, 9.17) is 5.11 Å². The lowest BCUT2D eigenvalue weighted by Crippen LogP contribution is -2.36. The number of pyridine rings is 1. The molecule has 0 aliphatic carbocycles. The van der Waals surface area contributed by atoms with Gasteiger partial charge in [-0.3, -0.25) is 9.78 Å². The molecule has 0 bridgehead atoms. The molecule has 0 aliphatic heterocycles. The van der Waals surface area contributed by atoms with E-state index >= 15 is 0 Å². The monoisotopic (exact) mass is 260 g/mol. The maximum absolute atomic E-state index is 12.3. The van der Waals surface area contributed by atoms with Crippen molar-refractivity contribution in [3.63, 3.8) is 0 Å². The number of rotatable bonds is 4. The highest BCUT2D eigenvalue weighted by molar-refractivity contribution is 5.94. The minimum absolute atomic E-state index is 0.0317. The first-order valence-corrected chi connectivity index (χ1v) is 6.45. The zero-order valence-corrected chi connectivity index (χ0v) is 11.7. The van der Waals surface area contributed by atoms with Gasteiger partial charge in [-0.25, -0.2) is 0 Å². The molecule has 0 saturated carbocycles. The van der Waals surface area contributed by atoms with Crippen molar-refractivity contribution >= 4 is 5.91 Å². The van der Waals surface area contributed by atoms with Crippen molar-refractivity contribution in [2.45, 2.75) is 33.2 Å². The lowest BCUT2D eigenvalue weighted by Gasteiger charge is -2.25. The molecule has 1 rings (SSSR count). The van der Waals surface area contributed by atoms with Gasteiger partial charge in [0, 0.05) is 37.0 Å². The molecule has 1 aromatic heterocycles. The number of aliphatic hydroxyl groups is 1. The molecule has 0 spiro atoms. The summed E-state index contributed by atoms with van der Waals surface area (Å²) in [4.78, 5) is 18.1. The van der Waals surface area contributed by atoms with Crippen molar-refractivity contribution in [3.05, 3.63) is 29.6 Å². The molecule has 0 aliphatic rings. The minimum Gasteiger partial charge on any atom is -0.395 e. The molecule has 0 fully saturated rings. The number of hydrogen-bond acceptors (Lipinski definition) is 3. The number of hydrogen-bond donors (Lipinski definition) is 1. The fourth-order valence-corrected chi connectivity index (χ4v) is 1.75. The van der Waals surface area contributed by atoms with Crippen molar-refractivity contribution in [2.75, 3.05) is 13.2 Å². The van der Waals surface area contributed by atoms with E-state index in [0.29, 0.717) is 24.1 Å². The zero-order chi connectivity index (χ0) is 14.3. The molecule has 4 nitrogen and oxygen atoms in total. The van der Waals surface area contributed by atoms with Gasteiger partial charge in [0.05, 0.1) is 12.2 Å². The Morgan fingerprint density at radius 1 is 1.47 bits per heavy atom. The summed E-state index contributed by atoms with van der Waals surface area (Å²) in [6, 6.07) is 1.90. The first kappa shape index (κ1) is 15.2. The molecule has 0 radical (unpaired) electrons. The summed E-state index contributed by atoms with van der Waals surface area (Å²) in [5.74, 6) is 5.67. The topological polar surface area (TPSA) is 53.4 Å². The van der Waals surface area contributed by atoms with Gasteiger partial charge in [0.15, 0.2) is 0 Å². The molecular weight excluding hydrogens is 240 g/mol. The fourth-order valence-electron chi connectivity index (χ4n) is 1.75. The number of carbonyl (C=O) groups excluding carboxylic acids is 1. The molecule has 0 aromatic carbocycles. The summed E-state index contributed by atoms with van der Waals surface area (Å²) < 4.78 is 0. The second-order valence-electron chi connectivity index (χ2n) is 4.42. The van der Waals surface area contributed by atoms with E-state index in [1.807, 2.05) is 20.8 Å². The van der Waals surface area contributed by atoms with Crippen molar-refractivity contribution in [1.82, 2.24) is 9.88 Å². The Bertz CT molecular complexity index is 486. The highest BCUT2D eigenvalue weighted by atomic mass is 16.2. The standard InChI is InChI=1S/C15H20N2O2/c1-4-17(12(2)3)15(19)14-9-13(10-16-11-14)7-5-6-8-18/h9-12,18H,4,6,8H2,1-3H3. The van der Waals surface area contributed by atoms with Gasteiger partial charge in [-0.15, -0.1) is 0 Å². The smallest absolute Gasteiger partial charge is 0.255 e. The molecule has 0 saturated heterocycles. The average molecular weight is 260 g/mol. The second kappa shape index (κ2) is 7.55. The molecule has 1 amide bonds. The largest absolute Gasteiger partial charge is 0.395 e. The molecule has 4 heteroatoms. The highest BCUT2D eigenvalue weighted by Gasteiger charge is 2.17. The van der Waals surface area contributed by atoms with E-state index in [1.165, 1.54) is 0 Å². The Hall–Kier alpha value is -1.86. The van der Waals surface area contributed by atoms with Crippen LogP contribution in [-0.2, 0) is 0 Å². The maximum Gasteiger partial charge on any atom is 0.255 e. The molecule has 19 heavy (non-hydrogen) atoms. The Balaban J connectivity index is 2.93. The van der Waals surface area contributed by atoms with E-state index in [1.54, 1.807) is 23.4 Å². The van der Waals surface area contributed by atoms with Crippen molar-refractivity contribution < 1.29 is 9.90 Å². The average Bonchev–Trinajstić information content (AvgIpc) is 2.39. The van der Waals surface area contributed by atoms with Crippen LogP contribution in [0.4, 0.5) is 0 Å². The predicted octanol–water partition coefficient (Wildman–Crippen LogP) is 1.69. The van der Waals surface area contributed by atoms with Gasteiger partial charge >= 0.3 is 0 Å². The van der Waals surface area contributed by atoms with Gasteiger partial charge in [-0.2, -0.15) is 0 Å². The van der Waals surface area contributed by atoms with E-state index in [0.717, 1.165) is 0 Å². The molecular formula is C15H20N2O2. The molecule has 102 valence electrons. The lowest BCUT2D eigenvalue weighted by molar-refractivity contribution is 0.0716. The summed E-state index contributed by atoms with van der Waals surface area (Å²) in [5.41, 5.74) is 1.24. The van der Waals surface area contributed by atoms with Crippen LogP contribution in [0.1, 0.15) is 43.1 Å². The third-order valence-corrected chi connectivity index (χ3v) is 2.68. The Morgan fingerprint density at radius 3 is 2.79 bits per heavy atom. The highest BCUT2D eigenvalue weighted by Crippen LogP contribution is 2.09. The van der Waals surface area contributed by atoms with Crippen LogP contribution in [0.25, 0.3) is 0 Å². The van der Waals surface area contributed by atoms with Crippen molar-refractivity contribution in [3.8, 4) is 11.8 Å². The fraction of sp³-hybridized carbons (Fsp3) is 0.467. The zero-order valence-electron chi connectivity index (χ0n) is 11.7. The third kappa shape index (κ3) is 4.38. The Kier molecular flexibility index (Phi) is 6.04. The number of carbonyl (C=O) groups is 1. The minimum atomic E-state index is -0.0317. The van der Waals surface area contributed by atoms with Gasteiger partial charge in [0.25, 0.3) is 5.91 Å². The van der Waals surface area contributed by atoms with Gasteiger partial charge in [-0.1, -0.05) is 11.8 Å². The van der Waals surface area contributed by atoms with Gasteiger partial charge in [0.2, 0.25) is 0 Å². The van der Waals surface area contributed by atoms with Crippen LogP contribution in [0, 0.1) is 11.8 Å². The lowest BCUT2D eigenvalue weighted by atomic mass is 10.1. The quantitative estimate of drug-likeness (QED) is 0.838. The molecule has 0 unspecified atom stereocenters. The molecule has 1 N–H and O–H groups in total. The van der Waals surface area contributed by atoms with Crippen LogP contribution >= 0.6 is 0 Å². The Morgan fingerprint density at radius 2 is 2.21 bits per heavy atom. The van der Waals surface area contributed by atoms with Crippen LogP contribution in [0.2, 0.25) is 0 Å². The number of aromatic nitrogens is 1. The number of amides is 1. The van der Waals surface area contributed by atoms with Gasteiger partial charge in [-0.05, 0) is 26.8 Å². The van der Waals surface area contributed by atoms with Crippen LogP contribution in [0.5, 0.6) is 0 Å². The van der Waals surface area contributed by atoms with Crippen LogP contribution in [-0.4, -0.2) is 40.1 Å². The first-order valence-electron chi connectivity index (χ1n) is 6.45. The number of nitrogens with zero attached hydrogens (tertiary/aromatic N) is 2. The van der Waals surface area contributed by atoms with Crippen LogP contribution in [0.3, 0.4) is 0 Å². The maximum atomic E-state index is 12.3. The predicted molar refractivity (Wildman–Crippen MR) is 74.7 cm³/mol. The van der Waals surface area contributed by atoms with Crippen LogP contribution in [0.15, 0.2) is 18.5 Å². The summed E-state index contributed by atoms with van der Waals surface area (Å²) in [6.45, 7) is 6.63. The summed E-state index contributed by atoms with van der Waals surface area (Å²) in [6.07, 6.45) is 3.60. The van der Waals surface area contributed by atoms with E-state index in [2.05, 4.69) is 16.8 Å². The molecule has 1 aromatic rings. The van der Waals surface area contributed by atoms with Gasteiger partial charge in [0.1, 0.15) is 0 Å². The summed E-state index contributed by atoms with van der Waals surface area (Å²) in [7, 11) is 0. The van der Waals surface area contributed by atoms with E-state index in [9.17, 15) is 4.79 Å². The van der Waals surface area contributed by atoms with Crippen molar-refractivity contribution in [1.29, 1.82) is 0 Å².